The summed E-state index contributed by atoms with van der Waals surface area (Å²) in [6, 6.07) is 14.3. The van der Waals surface area contributed by atoms with Crippen molar-refractivity contribution in [1.29, 1.82) is 0 Å². The van der Waals surface area contributed by atoms with Gasteiger partial charge in [-0.05, 0) is 54.2 Å². The van der Waals surface area contributed by atoms with E-state index in [1.54, 1.807) is 6.92 Å². The van der Waals surface area contributed by atoms with Crippen LogP contribution in [0.3, 0.4) is 0 Å². The Hall–Kier alpha value is -2.39. The SMILES string of the molecule is C=C(C)C(=O)OCc1cc(-c2ccc(CCO)cc2)ccc1C. The van der Waals surface area contributed by atoms with Crippen molar-refractivity contribution < 1.29 is 14.6 Å². The molecule has 23 heavy (non-hydrogen) atoms. The van der Waals surface area contributed by atoms with E-state index in [-0.39, 0.29) is 19.2 Å². The van der Waals surface area contributed by atoms with Crippen LogP contribution in [0.15, 0.2) is 54.6 Å². The highest BCUT2D eigenvalue weighted by Crippen LogP contribution is 2.23. The molecule has 0 fully saturated rings. The van der Waals surface area contributed by atoms with Gasteiger partial charge in [-0.15, -0.1) is 0 Å². The highest BCUT2D eigenvalue weighted by molar-refractivity contribution is 5.86. The molecule has 1 N–H and O–H groups in total. The Balaban J connectivity index is 2.18. The zero-order valence-electron chi connectivity index (χ0n) is 13.6. The Morgan fingerprint density at radius 1 is 1.13 bits per heavy atom. The van der Waals surface area contributed by atoms with Crippen LogP contribution in [0.4, 0.5) is 0 Å². The Bertz CT molecular complexity index is 699. The maximum Gasteiger partial charge on any atom is 0.333 e. The first-order valence-electron chi connectivity index (χ1n) is 7.63. The van der Waals surface area contributed by atoms with Crippen LogP contribution in [-0.4, -0.2) is 17.7 Å². The highest BCUT2D eigenvalue weighted by atomic mass is 16.5. The smallest absolute Gasteiger partial charge is 0.333 e. The summed E-state index contributed by atoms with van der Waals surface area (Å²) in [6.45, 7) is 7.62. The van der Waals surface area contributed by atoms with Gasteiger partial charge in [-0.2, -0.15) is 0 Å². The predicted molar refractivity (Wildman–Crippen MR) is 92.0 cm³/mol. The Morgan fingerprint density at radius 3 is 2.39 bits per heavy atom. The molecular weight excluding hydrogens is 288 g/mol. The fraction of sp³-hybridized carbons (Fsp3) is 0.250. The molecule has 0 aliphatic rings. The van der Waals surface area contributed by atoms with Gasteiger partial charge in [-0.1, -0.05) is 43.0 Å². The van der Waals surface area contributed by atoms with E-state index in [2.05, 4.69) is 12.6 Å². The van der Waals surface area contributed by atoms with Crippen molar-refractivity contribution in [3.8, 4) is 11.1 Å². The average molecular weight is 310 g/mol. The standard InChI is InChI=1S/C20H22O3/c1-14(2)20(22)23-13-19-12-18(7-4-15(19)3)17-8-5-16(6-9-17)10-11-21/h4-9,12,21H,1,10-11,13H2,2-3H3. The van der Waals surface area contributed by atoms with Crippen molar-refractivity contribution in [3.63, 3.8) is 0 Å². The first-order valence-corrected chi connectivity index (χ1v) is 7.63. The summed E-state index contributed by atoms with van der Waals surface area (Å²) in [7, 11) is 0. The van der Waals surface area contributed by atoms with E-state index in [4.69, 9.17) is 9.84 Å². The van der Waals surface area contributed by atoms with E-state index in [0.717, 1.165) is 27.8 Å². The summed E-state index contributed by atoms with van der Waals surface area (Å²) in [4.78, 5) is 11.5. The van der Waals surface area contributed by atoms with Gasteiger partial charge in [0.15, 0.2) is 0 Å². The molecule has 0 atom stereocenters. The van der Waals surface area contributed by atoms with Crippen LogP contribution >= 0.6 is 0 Å². The van der Waals surface area contributed by atoms with Crippen molar-refractivity contribution in [2.45, 2.75) is 26.9 Å². The number of hydrogen-bond acceptors (Lipinski definition) is 3. The van der Waals surface area contributed by atoms with Crippen molar-refractivity contribution in [2.24, 2.45) is 0 Å². The summed E-state index contributed by atoms with van der Waals surface area (Å²) < 4.78 is 5.25. The maximum atomic E-state index is 11.5. The van der Waals surface area contributed by atoms with E-state index in [1.165, 1.54) is 0 Å². The molecule has 3 nitrogen and oxygen atoms in total. The second-order valence-corrected chi connectivity index (χ2v) is 5.67. The molecule has 0 aliphatic heterocycles. The third kappa shape index (κ3) is 4.54. The van der Waals surface area contributed by atoms with Gasteiger partial charge >= 0.3 is 5.97 Å². The molecule has 0 heterocycles. The number of esters is 1. The van der Waals surface area contributed by atoms with Crippen molar-refractivity contribution >= 4 is 5.97 Å². The van der Waals surface area contributed by atoms with Crippen LogP contribution in [0.5, 0.6) is 0 Å². The molecule has 0 amide bonds. The fourth-order valence-electron chi connectivity index (χ4n) is 2.27. The van der Waals surface area contributed by atoms with Crippen LogP contribution in [0, 0.1) is 6.92 Å². The summed E-state index contributed by atoms with van der Waals surface area (Å²) in [5.41, 5.74) is 5.75. The van der Waals surface area contributed by atoms with Crippen LogP contribution < -0.4 is 0 Å². The summed E-state index contributed by atoms with van der Waals surface area (Å²) in [6.07, 6.45) is 0.663. The fourth-order valence-corrected chi connectivity index (χ4v) is 2.27. The van der Waals surface area contributed by atoms with Crippen molar-refractivity contribution in [2.75, 3.05) is 6.61 Å². The van der Waals surface area contributed by atoms with Gasteiger partial charge in [0.2, 0.25) is 0 Å². The van der Waals surface area contributed by atoms with E-state index in [0.29, 0.717) is 12.0 Å². The van der Waals surface area contributed by atoms with Crippen LogP contribution in [-0.2, 0) is 22.6 Å². The molecule has 2 aromatic rings. The van der Waals surface area contributed by atoms with Crippen LogP contribution in [0.25, 0.3) is 11.1 Å². The molecule has 0 saturated heterocycles. The maximum absolute atomic E-state index is 11.5. The Morgan fingerprint density at radius 2 is 1.78 bits per heavy atom. The number of aryl methyl sites for hydroxylation is 1. The molecule has 0 aliphatic carbocycles. The Kier molecular flexibility index (Phi) is 5.72. The van der Waals surface area contributed by atoms with Crippen LogP contribution in [0.2, 0.25) is 0 Å². The van der Waals surface area contributed by atoms with E-state index in [1.807, 2.05) is 43.3 Å². The van der Waals surface area contributed by atoms with Gasteiger partial charge < -0.3 is 9.84 Å². The molecule has 0 bridgehead atoms. The van der Waals surface area contributed by atoms with Gasteiger partial charge in [0.1, 0.15) is 6.61 Å². The van der Waals surface area contributed by atoms with Gasteiger partial charge in [-0.25, -0.2) is 4.79 Å². The molecule has 120 valence electrons. The topological polar surface area (TPSA) is 46.5 Å². The monoisotopic (exact) mass is 310 g/mol. The first kappa shape index (κ1) is 17.0. The van der Waals surface area contributed by atoms with Crippen molar-refractivity contribution in [3.05, 3.63) is 71.3 Å². The molecule has 3 heteroatoms. The minimum absolute atomic E-state index is 0.155. The number of benzene rings is 2. The summed E-state index contributed by atoms with van der Waals surface area (Å²) in [5, 5.41) is 8.97. The lowest BCUT2D eigenvalue weighted by Gasteiger charge is -2.11. The second kappa shape index (κ2) is 7.75. The lowest BCUT2D eigenvalue weighted by atomic mass is 9.99. The van der Waals surface area contributed by atoms with Gasteiger partial charge in [0.05, 0.1) is 0 Å². The van der Waals surface area contributed by atoms with Gasteiger partial charge in [0.25, 0.3) is 0 Å². The molecule has 0 aromatic heterocycles. The predicted octanol–water partition coefficient (Wildman–Crippen LogP) is 3.82. The number of rotatable bonds is 6. The zero-order valence-corrected chi connectivity index (χ0v) is 13.6. The average Bonchev–Trinajstić information content (AvgIpc) is 2.55. The lowest BCUT2D eigenvalue weighted by Crippen LogP contribution is -2.05. The highest BCUT2D eigenvalue weighted by Gasteiger charge is 2.07. The number of hydrogen-bond donors (Lipinski definition) is 1. The molecule has 0 saturated carbocycles. The molecular formula is C20H22O3. The van der Waals surface area contributed by atoms with E-state index in [9.17, 15) is 4.79 Å². The van der Waals surface area contributed by atoms with E-state index >= 15 is 0 Å². The number of ether oxygens (including phenoxy) is 1. The molecule has 0 radical (unpaired) electrons. The Labute approximate surface area is 137 Å². The van der Waals surface area contributed by atoms with Crippen molar-refractivity contribution in [1.82, 2.24) is 0 Å². The number of aliphatic hydroxyl groups is 1. The summed E-state index contributed by atoms with van der Waals surface area (Å²) in [5.74, 6) is -0.372. The lowest BCUT2D eigenvalue weighted by molar-refractivity contribution is -0.140. The van der Waals surface area contributed by atoms with E-state index < -0.39 is 0 Å². The number of carbonyl (C=O) groups is 1. The minimum atomic E-state index is -0.372. The van der Waals surface area contributed by atoms with Crippen LogP contribution in [0.1, 0.15) is 23.6 Å². The second-order valence-electron chi connectivity index (χ2n) is 5.67. The minimum Gasteiger partial charge on any atom is -0.457 e. The normalized spacial score (nSPS) is 10.4. The van der Waals surface area contributed by atoms with Gasteiger partial charge in [0, 0.05) is 12.2 Å². The quantitative estimate of drug-likeness (QED) is 0.652. The molecule has 2 rings (SSSR count). The van der Waals surface area contributed by atoms with Gasteiger partial charge in [-0.3, -0.25) is 0 Å². The first-order chi connectivity index (χ1) is 11.0. The largest absolute Gasteiger partial charge is 0.457 e. The number of aliphatic hydroxyl groups excluding tert-OH is 1. The summed E-state index contributed by atoms with van der Waals surface area (Å²) >= 11 is 0. The molecule has 2 aromatic carbocycles. The molecule has 0 spiro atoms. The third-order valence-electron chi connectivity index (χ3n) is 3.74. The number of carbonyl (C=O) groups excluding carboxylic acids is 1. The third-order valence-corrected chi connectivity index (χ3v) is 3.74. The molecule has 0 unspecified atom stereocenters. The zero-order chi connectivity index (χ0) is 16.8.